The molecule has 0 radical (unpaired) electrons. The predicted octanol–water partition coefficient (Wildman–Crippen LogP) is 0.719. The molecule has 8 heteroatoms. The van der Waals surface area contributed by atoms with Gasteiger partial charge < -0.3 is 14.8 Å². The quantitative estimate of drug-likeness (QED) is 0.573. The van der Waals surface area contributed by atoms with Crippen molar-refractivity contribution in [3.8, 4) is 0 Å². The summed E-state index contributed by atoms with van der Waals surface area (Å²) in [6, 6.07) is 13.6. The van der Waals surface area contributed by atoms with E-state index >= 15 is 0 Å². The zero-order chi connectivity index (χ0) is 22.0. The molecule has 3 heterocycles. The number of imide groups is 1. The van der Waals surface area contributed by atoms with E-state index in [-0.39, 0.29) is 18.5 Å². The predicted molar refractivity (Wildman–Crippen MR) is 115 cm³/mol. The molecule has 164 valence electrons. The fourth-order valence-corrected chi connectivity index (χ4v) is 4.68. The Balaban J connectivity index is 1.36. The molecule has 4 rings (SSSR count). The van der Waals surface area contributed by atoms with Gasteiger partial charge in [-0.2, -0.15) is 5.01 Å². The van der Waals surface area contributed by atoms with E-state index in [1.807, 2.05) is 49.6 Å². The van der Waals surface area contributed by atoms with E-state index in [1.165, 1.54) is 5.69 Å². The van der Waals surface area contributed by atoms with Crippen LogP contribution in [0, 0.1) is 0 Å². The smallest absolute Gasteiger partial charge is 0.344 e. The monoisotopic (exact) mass is 424 g/mol. The summed E-state index contributed by atoms with van der Waals surface area (Å²) in [6.45, 7) is 2.81. The van der Waals surface area contributed by atoms with Crippen LogP contribution in [0.5, 0.6) is 0 Å². The maximum Gasteiger partial charge on any atom is 0.344 e. The number of hydrazine groups is 1. The number of amides is 4. The van der Waals surface area contributed by atoms with Crippen LogP contribution < -0.4 is 15.6 Å². The molecule has 0 spiro atoms. The van der Waals surface area contributed by atoms with Gasteiger partial charge in [0.15, 0.2) is 6.54 Å². The first-order valence-corrected chi connectivity index (χ1v) is 10.8. The Morgan fingerprint density at radius 1 is 1.23 bits per heavy atom. The molecular formula is C23H30N5O3+. The number of aryl methyl sites for hydroxylation is 2. The van der Waals surface area contributed by atoms with E-state index in [9.17, 15) is 14.4 Å². The molecule has 4 amide bonds. The molecule has 1 aromatic heterocycles. The molecule has 3 N–H and O–H groups in total. The largest absolute Gasteiger partial charge is 0.350 e. The lowest BCUT2D eigenvalue weighted by Gasteiger charge is -2.23. The first kappa shape index (κ1) is 21.1. The number of rotatable bonds is 7. The van der Waals surface area contributed by atoms with Crippen LogP contribution in [0.4, 0.5) is 4.79 Å². The van der Waals surface area contributed by atoms with E-state index in [4.69, 9.17) is 0 Å². The summed E-state index contributed by atoms with van der Waals surface area (Å²) >= 11 is 0. The van der Waals surface area contributed by atoms with Gasteiger partial charge in [0.1, 0.15) is 11.6 Å². The highest BCUT2D eigenvalue weighted by molar-refractivity contribution is 6.07. The second-order valence-electron chi connectivity index (χ2n) is 8.75. The van der Waals surface area contributed by atoms with Crippen molar-refractivity contribution in [1.82, 2.24) is 20.3 Å². The Morgan fingerprint density at radius 3 is 2.71 bits per heavy atom. The van der Waals surface area contributed by atoms with Crippen molar-refractivity contribution in [2.45, 2.75) is 44.2 Å². The highest BCUT2D eigenvalue weighted by Crippen LogP contribution is 2.22. The lowest BCUT2D eigenvalue weighted by molar-refractivity contribution is -0.911. The lowest BCUT2D eigenvalue weighted by Crippen LogP contribution is -3.11. The van der Waals surface area contributed by atoms with Crippen molar-refractivity contribution >= 4 is 17.8 Å². The summed E-state index contributed by atoms with van der Waals surface area (Å²) < 4.78 is 2.09. The Kier molecular flexibility index (Phi) is 5.82. The molecule has 8 nitrogen and oxygen atoms in total. The number of nitrogens with zero attached hydrogens (tertiary/aromatic N) is 2. The highest BCUT2D eigenvalue weighted by atomic mass is 16.2. The fraction of sp³-hybridized carbons (Fsp3) is 0.435. The molecule has 2 fully saturated rings. The van der Waals surface area contributed by atoms with E-state index in [2.05, 4.69) is 21.4 Å². The molecular weight excluding hydrogens is 394 g/mol. The Hall–Kier alpha value is -3.13. The first-order valence-electron chi connectivity index (χ1n) is 10.8. The summed E-state index contributed by atoms with van der Waals surface area (Å²) in [4.78, 5) is 39.3. The number of nitrogens with one attached hydrogen (secondary N) is 3. The number of quaternary nitrogens is 1. The average molecular weight is 425 g/mol. The van der Waals surface area contributed by atoms with Crippen molar-refractivity contribution in [2.75, 3.05) is 13.1 Å². The van der Waals surface area contributed by atoms with Gasteiger partial charge in [-0.1, -0.05) is 30.3 Å². The minimum Gasteiger partial charge on any atom is -0.350 e. The minimum absolute atomic E-state index is 0.216. The van der Waals surface area contributed by atoms with Gasteiger partial charge in [0.05, 0.1) is 12.2 Å². The van der Waals surface area contributed by atoms with Crippen LogP contribution in [0.2, 0.25) is 0 Å². The van der Waals surface area contributed by atoms with Gasteiger partial charge in [0, 0.05) is 26.1 Å². The molecule has 0 bridgehead atoms. The summed E-state index contributed by atoms with van der Waals surface area (Å²) in [5.41, 5.74) is 3.80. The van der Waals surface area contributed by atoms with Crippen LogP contribution in [0.15, 0.2) is 48.7 Å². The van der Waals surface area contributed by atoms with Gasteiger partial charge >= 0.3 is 6.03 Å². The molecule has 3 atom stereocenters. The van der Waals surface area contributed by atoms with Gasteiger partial charge in [-0.25, -0.2) is 4.79 Å². The third-order valence-electron chi connectivity index (χ3n) is 6.47. The van der Waals surface area contributed by atoms with Crippen molar-refractivity contribution in [1.29, 1.82) is 0 Å². The summed E-state index contributed by atoms with van der Waals surface area (Å²) in [6.07, 6.45) is 5.18. The maximum absolute atomic E-state index is 12.9. The molecule has 1 unspecified atom stereocenters. The van der Waals surface area contributed by atoms with Gasteiger partial charge in [-0.3, -0.25) is 15.0 Å². The van der Waals surface area contributed by atoms with Gasteiger partial charge in [0.25, 0.3) is 11.8 Å². The highest BCUT2D eigenvalue weighted by Gasteiger charge is 2.48. The van der Waals surface area contributed by atoms with Gasteiger partial charge in [0.2, 0.25) is 0 Å². The lowest BCUT2D eigenvalue weighted by atomic mass is 9.93. The minimum atomic E-state index is -1.04. The van der Waals surface area contributed by atoms with E-state index in [1.54, 1.807) is 6.92 Å². The van der Waals surface area contributed by atoms with Crippen LogP contribution in [0.3, 0.4) is 0 Å². The number of hydrogen-bond donors (Lipinski definition) is 3. The van der Waals surface area contributed by atoms with Crippen molar-refractivity contribution in [3.05, 3.63) is 59.9 Å². The average Bonchev–Trinajstić information content (AvgIpc) is 3.43. The van der Waals surface area contributed by atoms with Crippen LogP contribution in [0.1, 0.15) is 43.5 Å². The maximum atomic E-state index is 12.9. The molecule has 2 saturated heterocycles. The number of likely N-dealkylation sites (tertiary alicyclic amines) is 1. The Bertz CT molecular complexity index is 973. The number of benzene rings is 1. The standard InChI is InChI=1S/C23H29N5O3/c1-23(13-12-17-8-4-3-5-9-17)21(30)28(22(31)24-23)25-20(29)16-27-15-7-11-19(27)18-10-6-14-26(18)2/h3-6,8-10,14,19H,7,11-13,15-16H2,1-2H3,(H,24,31)(H,25,29)/p+1/t19-,23+/m1/s1. The molecule has 0 aliphatic carbocycles. The van der Waals surface area contributed by atoms with Crippen LogP contribution in [-0.4, -0.2) is 46.0 Å². The number of carbonyl (C=O) groups is 3. The molecule has 2 aliphatic heterocycles. The number of aromatic nitrogens is 1. The normalized spacial score (nSPS) is 25.7. The van der Waals surface area contributed by atoms with E-state index in [0.29, 0.717) is 12.8 Å². The number of urea groups is 1. The van der Waals surface area contributed by atoms with Gasteiger partial charge in [-0.05, 0) is 37.5 Å². The number of carbonyl (C=O) groups excluding carboxylic acids is 3. The molecule has 0 saturated carbocycles. The van der Waals surface area contributed by atoms with Crippen LogP contribution in [-0.2, 0) is 23.1 Å². The summed E-state index contributed by atoms with van der Waals surface area (Å²) in [5, 5.41) is 3.60. The second-order valence-corrected chi connectivity index (χ2v) is 8.75. The van der Waals surface area contributed by atoms with Gasteiger partial charge in [-0.15, -0.1) is 0 Å². The van der Waals surface area contributed by atoms with Crippen LogP contribution in [0.25, 0.3) is 0 Å². The number of hydrogen-bond acceptors (Lipinski definition) is 3. The van der Waals surface area contributed by atoms with Crippen molar-refractivity contribution in [3.63, 3.8) is 0 Å². The summed E-state index contributed by atoms with van der Waals surface area (Å²) in [5.74, 6) is -0.746. The van der Waals surface area contributed by atoms with E-state index < -0.39 is 17.5 Å². The molecule has 2 aliphatic rings. The van der Waals surface area contributed by atoms with E-state index in [0.717, 1.165) is 34.9 Å². The first-order chi connectivity index (χ1) is 14.9. The van der Waals surface area contributed by atoms with Crippen molar-refractivity contribution in [2.24, 2.45) is 7.05 Å². The summed E-state index contributed by atoms with van der Waals surface area (Å²) in [7, 11) is 2.01. The molecule has 1 aromatic carbocycles. The zero-order valence-electron chi connectivity index (χ0n) is 18.1. The Labute approximate surface area is 182 Å². The SMILES string of the molecule is Cn1cccc1[C@H]1CCC[NH+]1CC(=O)NN1C(=O)N[C@@](C)(CCc2ccccc2)C1=O. The van der Waals surface area contributed by atoms with Crippen LogP contribution >= 0.6 is 0 Å². The fourth-order valence-electron chi connectivity index (χ4n) is 4.68. The zero-order valence-corrected chi connectivity index (χ0v) is 18.1. The molecule has 31 heavy (non-hydrogen) atoms. The molecule has 2 aromatic rings. The topological polar surface area (TPSA) is 87.9 Å². The third-order valence-corrected chi connectivity index (χ3v) is 6.47. The van der Waals surface area contributed by atoms with Crippen molar-refractivity contribution < 1.29 is 19.3 Å². The second kappa shape index (κ2) is 8.55. The Morgan fingerprint density at radius 2 is 2.00 bits per heavy atom. The third kappa shape index (κ3) is 4.34.